The van der Waals surface area contributed by atoms with E-state index in [0.29, 0.717) is 5.69 Å². The van der Waals surface area contributed by atoms with Gasteiger partial charge < -0.3 is 5.32 Å². The minimum Gasteiger partial charge on any atom is -0.377 e. The maximum atomic E-state index is 11.6. The van der Waals surface area contributed by atoms with Crippen molar-refractivity contribution in [2.75, 3.05) is 12.4 Å². The third kappa shape index (κ3) is 3.65. The smallest absolute Gasteiger partial charge is 0.293 e. The maximum Gasteiger partial charge on any atom is 0.293 e. The third-order valence-corrected chi connectivity index (χ3v) is 4.17. The third-order valence-electron chi connectivity index (χ3n) is 2.76. The molecule has 0 heterocycles. The summed E-state index contributed by atoms with van der Waals surface area (Å²) >= 11 is 0. The van der Waals surface area contributed by atoms with Gasteiger partial charge in [0.15, 0.2) is 0 Å². The number of hydrogen-bond acceptors (Lipinski definition) is 5. The number of nitro groups is 1. The topological polar surface area (TPSA) is 101 Å². The summed E-state index contributed by atoms with van der Waals surface area (Å²) in [7, 11) is -2.43. The van der Waals surface area contributed by atoms with Crippen molar-refractivity contribution in [3.8, 4) is 0 Å². The molecule has 0 aliphatic heterocycles. The zero-order valence-electron chi connectivity index (χ0n) is 11.0. The molecule has 0 saturated carbocycles. The molecule has 2 N–H and O–H groups in total. The van der Waals surface area contributed by atoms with Crippen LogP contribution in [0.15, 0.2) is 23.1 Å². The summed E-state index contributed by atoms with van der Waals surface area (Å²) in [5.74, 6) is 0. The molecule has 0 radical (unpaired) electrons. The molecular weight excluding hydrogens is 270 g/mol. The van der Waals surface area contributed by atoms with Gasteiger partial charge >= 0.3 is 0 Å². The fourth-order valence-corrected chi connectivity index (χ4v) is 2.19. The monoisotopic (exact) mass is 287 g/mol. The van der Waals surface area contributed by atoms with Gasteiger partial charge in [0.25, 0.3) is 5.69 Å². The van der Waals surface area contributed by atoms with Crippen LogP contribution in [0.1, 0.15) is 20.3 Å². The van der Waals surface area contributed by atoms with E-state index in [1.54, 1.807) is 0 Å². The molecule has 1 aromatic rings. The Labute approximate surface area is 112 Å². The molecule has 8 heteroatoms. The highest BCUT2D eigenvalue weighted by Gasteiger charge is 2.20. The number of sulfonamides is 1. The van der Waals surface area contributed by atoms with Crippen molar-refractivity contribution in [3.05, 3.63) is 28.3 Å². The number of hydrogen-bond donors (Lipinski definition) is 2. The number of nitro benzene ring substituents is 1. The molecule has 0 amide bonds. The van der Waals surface area contributed by atoms with E-state index in [1.165, 1.54) is 19.2 Å². The summed E-state index contributed by atoms with van der Waals surface area (Å²) in [5, 5.41) is 14.0. The molecule has 1 aromatic carbocycles. The highest BCUT2D eigenvalue weighted by atomic mass is 32.2. The Balaban J connectivity index is 3.27. The fourth-order valence-electron chi connectivity index (χ4n) is 1.44. The highest BCUT2D eigenvalue weighted by Crippen LogP contribution is 2.28. The summed E-state index contributed by atoms with van der Waals surface area (Å²) in [6.07, 6.45) is 0.799. The van der Waals surface area contributed by atoms with E-state index in [-0.39, 0.29) is 16.6 Å². The molecule has 0 aliphatic rings. The molecule has 7 nitrogen and oxygen atoms in total. The van der Waals surface area contributed by atoms with Gasteiger partial charge in [-0.1, -0.05) is 6.92 Å². The zero-order valence-corrected chi connectivity index (χ0v) is 11.8. The van der Waals surface area contributed by atoms with Crippen molar-refractivity contribution in [1.82, 2.24) is 4.72 Å². The average Bonchev–Trinajstić information content (AvgIpc) is 2.38. The second-order valence-corrected chi connectivity index (χ2v) is 5.98. The summed E-state index contributed by atoms with van der Waals surface area (Å²) < 4.78 is 25.3. The Morgan fingerprint density at radius 1 is 1.42 bits per heavy atom. The van der Waals surface area contributed by atoms with Gasteiger partial charge in [0.1, 0.15) is 5.69 Å². The number of benzene rings is 1. The number of nitrogens with zero attached hydrogens (tertiary/aromatic N) is 1. The molecule has 0 saturated heterocycles. The first-order chi connectivity index (χ1) is 8.81. The molecule has 1 atom stereocenters. The van der Waals surface area contributed by atoms with Crippen LogP contribution >= 0.6 is 0 Å². The minimum atomic E-state index is -3.69. The van der Waals surface area contributed by atoms with Crippen molar-refractivity contribution in [3.63, 3.8) is 0 Å². The van der Waals surface area contributed by atoms with Crippen LogP contribution in [-0.4, -0.2) is 26.4 Å². The minimum absolute atomic E-state index is 0.0606. The van der Waals surface area contributed by atoms with E-state index in [0.717, 1.165) is 12.5 Å². The van der Waals surface area contributed by atoms with E-state index in [1.807, 2.05) is 13.8 Å². The number of anilines is 1. The normalized spacial score (nSPS) is 13.0. The highest BCUT2D eigenvalue weighted by molar-refractivity contribution is 7.89. The van der Waals surface area contributed by atoms with Crippen LogP contribution in [0, 0.1) is 10.1 Å². The molecule has 1 unspecified atom stereocenters. The van der Waals surface area contributed by atoms with Crippen LogP contribution in [0.3, 0.4) is 0 Å². The van der Waals surface area contributed by atoms with Crippen LogP contribution in [0.4, 0.5) is 11.4 Å². The maximum absolute atomic E-state index is 11.6. The van der Waals surface area contributed by atoms with Crippen molar-refractivity contribution in [2.24, 2.45) is 0 Å². The Kier molecular flexibility index (Phi) is 4.84. The number of rotatable bonds is 6. The Morgan fingerprint density at radius 2 is 2.05 bits per heavy atom. The van der Waals surface area contributed by atoms with Gasteiger partial charge in [-0.2, -0.15) is 0 Å². The van der Waals surface area contributed by atoms with E-state index in [4.69, 9.17) is 0 Å². The van der Waals surface area contributed by atoms with Crippen LogP contribution in [-0.2, 0) is 10.0 Å². The first-order valence-corrected chi connectivity index (χ1v) is 7.28. The molecule has 0 bridgehead atoms. The van der Waals surface area contributed by atoms with E-state index in [9.17, 15) is 18.5 Å². The van der Waals surface area contributed by atoms with Gasteiger partial charge in [-0.3, -0.25) is 10.1 Å². The van der Waals surface area contributed by atoms with E-state index >= 15 is 0 Å². The van der Waals surface area contributed by atoms with Crippen molar-refractivity contribution < 1.29 is 13.3 Å². The predicted molar refractivity (Wildman–Crippen MR) is 72.7 cm³/mol. The summed E-state index contributed by atoms with van der Waals surface area (Å²) in [5.41, 5.74) is 0.0611. The molecule has 106 valence electrons. The molecule has 0 aromatic heterocycles. The van der Waals surface area contributed by atoms with Crippen LogP contribution < -0.4 is 10.0 Å². The lowest BCUT2D eigenvalue weighted by atomic mass is 10.2. The van der Waals surface area contributed by atoms with Gasteiger partial charge in [-0.05, 0) is 32.5 Å². The Bertz CT molecular complexity index is 571. The van der Waals surface area contributed by atoms with Gasteiger partial charge in [0.05, 0.1) is 9.82 Å². The lowest BCUT2D eigenvalue weighted by Crippen LogP contribution is -2.19. The molecular formula is C11H17N3O4S. The molecule has 19 heavy (non-hydrogen) atoms. The first-order valence-electron chi connectivity index (χ1n) is 5.80. The van der Waals surface area contributed by atoms with Crippen molar-refractivity contribution >= 4 is 21.4 Å². The van der Waals surface area contributed by atoms with Crippen molar-refractivity contribution in [2.45, 2.75) is 31.2 Å². The quantitative estimate of drug-likeness (QED) is 0.612. The Hall–Kier alpha value is -1.67. The molecule has 0 fully saturated rings. The van der Waals surface area contributed by atoms with E-state index in [2.05, 4.69) is 10.0 Å². The molecule has 1 rings (SSSR count). The van der Waals surface area contributed by atoms with E-state index < -0.39 is 14.9 Å². The second-order valence-electron chi connectivity index (χ2n) is 4.10. The van der Waals surface area contributed by atoms with Gasteiger partial charge in [-0.15, -0.1) is 0 Å². The SMILES string of the molecule is CCC(C)Nc1ccc(S(=O)(=O)NC)cc1[N+](=O)[O-]. The predicted octanol–water partition coefficient (Wildman–Crippen LogP) is 1.71. The first kappa shape index (κ1) is 15.4. The number of nitrogens with one attached hydrogen (secondary N) is 2. The molecule has 0 aliphatic carbocycles. The second kappa shape index (κ2) is 5.98. The lowest BCUT2D eigenvalue weighted by Gasteiger charge is -2.13. The zero-order chi connectivity index (χ0) is 14.6. The fraction of sp³-hybridized carbons (Fsp3) is 0.455. The standard InChI is InChI=1S/C11H17N3O4S/c1-4-8(2)13-10-6-5-9(19(17,18)12-3)7-11(10)14(15)16/h5-8,12-13H,4H2,1-3H3. The molecule has 0 spiro atoms. The summed E-state index contributed by atoms with van der Waals surface area (Å²) in [6, 6.07) is 3.86. The van der Waals surface area contributed by atoms with Crippen LogP contribution in [0.25, 0.3) is 0 Å². The summed E-state index contributed by atoms with van der Waals surface area (Å²) in [6.45, 7) is 3.84. The largest absolute Gasteiger partial charge is 0.377 e. The summed E-state index contributed by atoms with van der Waals surface area (Å²) in [4.78, 5) is 10.3. The average molecular weight is 287 g/mol. The van der Waals surface area contributed by atoms with Gasteiger partial charge in [0, 0.05) is 12.1 Å². The van der Waals surface area contributed by atoms with Crippen LogP contribution in [0.5, 0.6) is 0 Å². The Morgan fingerprint density at radius 3 is 2.53 bits per heavy atom. The van der Waals surface area contributed by atoms with Crippen LogP contribution in [0.2, 0.25) is 0 Å². The van der Waals surface area contributed by atoms with Gasteiger partial charge in [0.2, 0.25) is 10.0 Å². The van der Waals surface area contributed by atoms with Gasteiger partial charge in [-0.25, -0.2) is 13.1 Å². The van der Waals surface area contributed by atoms with Crippen molar-refractivity contribution in [1.29, 1.82) is 0 Å². The lowest BCUT2D eigenvalue weighted by molar-refractivity contribution is -0.384.